The van der Waals surface area contributed by atoms with Crippen LogP contribution in [0.4, 0.5) is 0 Å². The molecule has 25 N–H and O–H groups in total. The minimum atomic E-state index is -5.23. The number of carboxylic acid groups (broad SMARTS) is 1. The van der Waals surface area contributed by atoms with Crippen LogP contribution in [0.3, 0.4) is 0 Å². The Bertz CT molecular complexity index is 2740. The molecule has 45 nitrogen and oxygen atoms in total. The fourth-order valence-corrected chi connectivity index (χ4v) is 12.2. The van der Waals surface area contributed by atoms with Gasteiger partial charge in [-0.1, -0.05) is 0 Å². The highest BCUT2D eigenvalue weighted by Gasteiger charge is 2.62. The topological polar surface area (TPSA) is 712 Å². The number of hydrogen-bond acceptors (Lipinski definition) is 39. The van der Waals surface area contributed by atoms with Gasteiger partial charge in [0, 0.05) is 34.1 Å². The number of hydrogen-bond donors (Lipinski definition) is 25. The van der Waals surface area contributed by atoms with E-state index < -0.39 is 307 Å². The molecule has 6 heterocycles. The van der Waals surface area contributed by atoms with Crippen molar-refractivity contribution in [2.75, 3.05) is 46.2 Å². The maximum atomic E-state index is 13.1. The van der Waals surface area contributed by atoms with Crippen LogP contribution >= 0.6 is 0 Å². The van der Waals surface area contributed by atoms with Crippen molar-refractivity contribution < 1.29 is 200 Å². The highest BCUT2D eigenvalue weighted by molar-refractivity contribution is 7.80. The van der Waals surface area contributed by atoms with E-state index in [9.17, 15) is 139 Å². The molecule has 0 radical (unpaired) electrons. The number of aliphatic hydroxyl groups is 19. The summed E-state index contributed by atoms with van der Waals surface area (Å²) in [5, 5.41) is 229. The first-order valence-corrected chi connectivity index (χ1v) is 32.0. The van der Waals surface area contributed by atoms with Gasteiger partial charge in [0.05, 0.1) is 70.5 Å². The van der Waals surface area contributed by atoms with E-state index in [1.165, 1.54) is 6.92 Å². The summed E-state index contributed by atoms with van der Waals surface area (Å²) in [7, 11) is -5.23. The van der Waals surface area contributed by atoms with Gasteiger partial charge in [0.15, 0.2) is 31.5 Å². The quantitative estimate of drug-likeness (QED) is 0.0287. The molecule has 0 unspecified atom stereocenters. The van der Waals surface area contributed by atoms with Crippen molar-refractivity contribution in [2.45, 2.75) is 255 Å². The Kier molecular flexibility index (Phi) is 30.6. The average molecular weight is 1470 g/mol. The van der Waals surface area contributed by atoms with Crippen LogP contribution in [0.1, 0.15) is 41.0 Å². The molecule has 4 amide bonds. The van der Waals surface area contributed by atoms with Gasteiger partial charge in [-0.05, 0) is 6.92 Å². The van der Waals surface area contributed by atoms with Crippen molar-refractivity contribution in [3.63, 3.8) is 0 Å². The summed E-state index contributed by atoms with van der Waals surface area (Å²) in [6.07, 6.45) is -65.0. The number of nitrogens with one attached hydrogen (secondary N) is 4. The molecule has 6 aliphatic heterocycles. The number of carboxylic acids is 1. The Balaban J connectivity index is 1.29. The van der Waals surface area contributed by atoms with Gasteiger partial charge in [-0.15, -0.1) is 0 Å². The van der Waals surface area contributed by atoms with Gasteiger partial charge in [-0.2, -0.15) is 8.42 Å². The molecule has 574 valence electrons. The minimum Gasteiger partial charge on any atom is -0.477 e. The molecular formula is C53H90N4O41S. The van der Waals surface area contributed by atoms with E-state index in [-0.39, 0.29) is 0 Å². The summed E-state index contributed by atoms with van der Waals surface area (Å²) in [6.45, 7) is -3.47. The summed E-state index contributed by atoms with van der Waals surface area (Å²) < 4.78 is 106. The summed E-state index contributed by atoms with van der Waals surface area (Å²) in [5.74, 6) is -9.15. The molecule has 0 bridgehead atoms. The van der Waals surface area contributed by atoms with Gasteiger partial charge in [0.1, 0.15) is 152 Å². The number of amides is 4. The molecule has 99 heavy (non-hydrogen) atoms. The largest absolute Gasteiger partial charge is 0.477 e. The average Bonchev–Trinajstić information content (AvgIpc) is 0.776. The first kappa shape index (κ1) is 83.9. The fourth-order valence-electron chi connectivity index (χ4n) is 11.9. The predicted octanol–water partition coefficient (Wildman–Crippen LogP) is -16.0. The molecule has 0 aromatic heterocycles. The number of ether oxygens (including phenoxy) is 12. The van der Waals surface area contributed by atoms with E-state index in [1.807, 2.05) is 0 Å². The number of aliphatic carboxylic acids is 1. The molecule has 0 aromatic carbocycles. The first-order valence-electron chi connectivity index (χ1n) is 30.7. The molecule has 0 spiro atoms. The highest BCUT2D eigenvalue weighted by Crippen LogP contribution is 2.40. The van der Waals surface area contributed by atoms with Crippen LogP contribution in [-0.4, -0.2) is 405 Å². The van der Waals surface area contributed by atoms with Gasteiger partial charge >= 0.3 is 16.4 Å². The Morgan fingerprint density at radius 3 is 1.59 bits per heavy atom. The lowest BCUT2D eigenvalue weighted by atomic mass is 9.88. The van der Waals surface area contributed by atoms with Crippen LogP contribution in [0.25, 0.3) is 0 Å². The molecule has 0 aliphatic carbocycles. The molecule has 0 saturated carbocycles. The molecule has 35 atom stereocenters. The van der Waals surface area contributed by atoms with Crippen molar-refractivity contribution in [3.05, 3.63) is 0 Å². The van der Waals surface area contributed by atoms with Gasteiger partial charge in [0.2, 0.25) is 23.6 Å². The number of rotatable bonds is 31. The summed E-state index contributed by atoms with van der Waals surface area (Å²) >= 11 is 0. The van der Waals surface area contributed by atoms with Crippen LogP contribution < -0.4 is 21.3 Å². The highest BCUT2D eigenvalue weighted by atomic mass is 32.3. The maximum Gasteiger partial charge on any atom is 0.397 e. The SMILES string of the molecule is CC(=O)N[C@H]1[C@H](O[C@@H]([C@@H](O)[C@H](O)CO[C@@H]2O[C@H](CO)[C@@H](O[C@@H]3O[C@H](COS(=O)(=O)O)[C@H](O)[C@H](O)[C@H]3O)[C@H](O[C@@H]3O[C@@H](C)[C@@H](O)[C@@H](O)[C@@H]3O)[C@H]2NC(C)=O)[C@H](CO)NC(C)=O)O[C@H](CO)[C@@H](O[C@@H]2O[C@H](CO)[C@H](O)[C@H](O[C@]3(C(=O)O)C[C@H](O)[C@@H](NC(C)=O)[C@H]([C@H](O)[C@H](O)CO)O3)[C@H]2O)[C@@H]1O. The lowest BCUT2D eigenvalue weighted by Gasteiger charge is -2.51. The summed E-state index contributed by atoms with van der Waals surface area (Å²) in [6, 6.07) is -7.49. The lowest BCUT2D eigenvalue weighted by Crippen LogP contribution is -2.71. The smallest absolute Gasteiger partial charge is 0.397 e. The van der Waals surface area contributed by atoms with Crippen LogP contribution in [0.15, 0.2) is 0 Å². The van der Waals surface area contributed by atoms with Gasteiger partial charge in [0.25, 0.3) is 5.79 Å². The molecule has 46 heteroatoms. The Morgan fingerprint density at radius 1 is 0.535 bits per heavy atom. The normalized spacial score (nSPS) is 41.8. The molecular weight excluding hydrogens is 1380 g/mol. The van der Waals surface area contributed by atoms with E-state index in [0.717, 1.165) is 27.7 Å². The van der Waals surface area contributed by atoms with Crippen molar-refractivity contribution in [3.8, 4) is 0 Å². The van der Waals surface area contributed by atoms with Gasteiger partial charge in [-0.25, -0.2) is 8.98 Å². The fraction of sp³-hybridized carbons (Fsp3) is 0.906. The van der Waals surface area contributed by atoms with Gasteiger partial charge < -0.3 is 180 Å². The second kappa shape index (κ2) is 36.1. The van der Waals surface area contributed by atoms with Crippen LogP contribution in [-0.2, 0) is 95.4 Å². The molecule has 6 rings (SSSR count). The predicted molar refractivity (Wildman–Crippen MR) is 307 cm³/mol. The number of carbonyl (C=O) groups excluding carboxylic acids is 4. The van der Waals surface area contributed by atoms with E-state index >= 15 is 0 Å². The Hall–Kier alpha value is -4.02. The van der Waals surface area contributed by atoms with Crippen molar-refractivity contribution >= 4 is 40.0 Å². The zero-order valence-corrected chi connectivity index (χ0v) is 54.1. The van der Waals surface area contributed by atoms with Gasteiger partial charge in [-0.3, -0.25) is 23.7 Å². The van der Waals surface area contributed by atoms with E-state index in [1.54, 1.807) is 0 Å². The minimum absolute atomic E-state index is 0.859. The zero-order chi connectivity index (χ0) is 74.2. The van der Waals surface area contributed by atoms with Crippen LogP contribution in [0, 0.1) is 0 Å². The third kappa shape index (κ3) is 20.3. The lowest BCUT2D eigenvalue weighted by molar-refractivity contribution is -0.384. The third-order valence-electron chi connectivity index (χ3n) is 16.9. The van der Waals surface area contributed by atoms with Crippen molar-refractivity contribution in [2.24, 2.45) is 0 Å². The molecule has 6 saturated heterocycles. The monoisotopic (exact) mass is 1470 g/mol. The summed E-state index contributed by atoms with van der Waals surface area (Å²) in [5.41, 5.74) is 0. The van der Waals surface area contributed by atoms with Crippen LogP contribution in [0.2, 0.25) is 0 Å². The number of carbonyl (C=O) groups is 5. The van der Waals surface area contributed by atoms with Crippen molar-refractivity contribution in [1.82, 2.24) is 21.3 Å². The van der Waals surface area contributed by atoms with E-state index in [2.05, 4.69) is 25.5 Å². The Labute approximate surface area is 561 Å². The summed E-state index contributed by atoms with van der Waals surface area (Å²) in [4.78, 5) is 63.9. The Morgan fingerprint density at radius 2 is 1.04 bits per heavy atom. The zero-order valence-electron chi connectivity index (χ0n) is 53.3. The second-order valence-corrected chi connectivity index (χ2v) is 25.3. The standard InChI is InChI=1S/C53H90N4O41S/c1-14-30(70)36(76)38(78)49(88-14)96-45-29(57-18(5)66)47(90-25(11-62)43(45)95-50-39(79)37(77)33(73)26(92-50)13-87-99(83,84)85)86-12-22(69)32(72)41(19(7-58)54-15(2)63)93-48-28(56-17(4)65)35(75)42(24(10-61)91-48)94-51-40(80)46(34(74)23(9-60)89-51)98-53(52(81)82)6-20(67)27(55-16(3)64)44(97-53)31(71)21(68)8-59/h14,19-51,58-62,67-80H,6-13H2,1-5H3,(H,54,63)(H,55,64)(H,56,65)(H,57,66)(H,81,82)(H,83,84,85)/t14-,19-,20-,21+,22+,23+,24+,25+,26+,27+,28+,29+,30+,31+,32-,33-,34-,35+,36+,37-,38-,39+,40+,41+,42+,43+,44+,45+,46-,47+,48-,49-,50-,51-,53-/m0/s1. The van der Waals surface area contributed by atoms with E-state index in [0.29, 0.717) is 0 Å². The van der Waals surface area contributed by atoms with Crippen molar-refractivity contribution in [1.29, 1.82) is 0 Å². The molecule has 0 aromatic rings. The van der Waals surface area contributed by atoms with E-state index in [4.69, 9.17) is 56.8 Å². The third-order valence-corrected chi connectivity index (χ3v) is 17.4. The maximum absolute atomic E-state index is 13.1. The number of aliphatic hydroxyl groups excluding tert-OH is 19. The second-order valence-electron chi connectivity index (χ2n) is 24.3. The molecule has 6 fully saturated rings. The molecule has 6 aliphatic rings. The first-order chi connectivity index (χ1) is 46.3. The van der Waals surface area contributed by atoms with Crippen LogP contribution in [0.5, 0.6) is 0 Å².